The first-order chi connectivity index (χ1) is 9.12. The fourth-order valence-corrected chi connectivity index (χ4v) is 2.92. The van der Waals surface area contributed by atoms with E-state index in [4.69, 9.17) is 0 Å². The van der Waals surface area contributed by atoms with Crippen LogP contribution in [-0.4, -0.2) is 23.5 Å². The van der Waals surface area contributed by atoms with Crippen molar-refractivity contribution in [2.75, 3.05) is 13.1 Å². The summed E-state index contributed by atoms with van der Waals surface area (Å²) >= 11 is 0. The Morgan fingerprint density at radius 2 is 2.05 bits per heavy atom. The first-order valence-electron chi connectivity index (χ1n) is 7.65. The van der Waals surface area contributed by atoms with Gasteiger partial charge in [0.1, 0.15) is 0 Å². The maximum Gasteiger partial charge on any atom is 0.0239 e. The highest BCUT2D eigenvalue weighted by atomic mass is 15.2. The summed E-state index contributed by atoms with van der Waals surface area (Å²) in [6.07, 6.45) is 3.86. The van der Waals surface area contributed by atoms with Gasteiger partial charge in [-0.25, -0.2) is 0 Å². The minimum absolute atomic E-state index is 0.371. The van der Waals surface area contributed by atoms with Gasteiger partial charge in [0, 0.05) is 18.6 Å². The Morgan fingerprint density at radius 1 is 1.26 bits per heavy atom. The third-order valence-corrected chi connectivity index (χ3v) is 4.19. The van der Waals surface area contributed by atoms with Crippen molar-refractivity contribution >= 4 is 0 Å². The summed E-state index contributed by atoms with van der Waals surface area (Å²) in [5.41, 5.74) is 3.23. The zero-order valence-electron chi connectivity index (χ0n) is 12.7. The van der Waals surface area contributed by atoms with Crippen LogP contribution in [0, 0.1) is 0 Å². The van der Waals surface area contributed by atoms with Gasteiger partial charge in [0.2, 0.25) is 0 Å². The SMILES string of the molecule is CCCNCc1cccc(CN2CCCC2(C)C)c1. The molecule has 1 aromatic carbocycles. The van der Waals surface area contributed by atoms with Gasteiger partial charge in [-0.3, -0.25) is 4.90 Å². The van der Waals surface area contributed by atoms with Crippen LogP contribution in [0.4, 0.5) is 0 Å². The monoisotopic (exact) mass is 260 g/mol. The Hall–Kier alpha value is -0.860. The maximum absolute atomic E-state index is 3.47. The number of hydrogen-bond acceptors (Lipinski definition) is 2. The van der Waals surface area contributed by atoms with Crippen LogP contribution >= 0.6 is 0 Å². The maximum atomic E-state index is 3.47. The average molecular weight is 260 g/mol. The molecule has 0 radical (unpaired) electrons. The van der Waals surface area contributed by atoms with Gasteiger partial charge in [0.15, 0.2) is 0 Å². The van der Waals surface area contributed by atoms with Crippen molar-refractivity contribution in [2.45, 2.75) is 58.7 Å². The molecule has 0 atom stereocenters. The molecule has 1 aliphatic rings. The smallest absolute Gasteiger partial charge is 0.0239 e. The quantitative estimate of drug-likeness (QED) is 0.787. The minimum Gasteiger partial charge on any atom is -0.313 e. The summed E-state index contributed by atoms with van der Waals surface area (Å²) in [5, 5.41) is 3.47. The van der Waals surface area contributed by atoms with Gasteiger partial charge in [0.25, 0.3) is 0 Å². The number of hydrogen-bond donors (Lipinski definition) is 1. The largest absolute Gasteiger partial charge is 0.313 e. The molecule has 106 valence electrons. The predicted molar refractivity (Wildman–Crippen MR) is 82.2 cm³/mol. The Bertz CT molecular complexity index is 398. The molecule has 1 aromatic rings. The van der Waals surface area contributed by atoms with E-state index in [9.17, 15) is 0 Å². The average Bonchev–Trinajstić information content (AvgIpc) is 2.70. The van der Waals surface area contributed by atoms with Crippen molar-refractivity contribution in [1.29, 1.82) is 0 Å². The topological polar surface area (TPSA) is 15.3 Å². The van der Waals surface area contributed by atoms with Gasteiger partial charge in [-0.1, -0.05) is 31.2 Å². The van der Waals surface area contributed by atoms with Crippen molar-refractivity contribution in [3.63, 3.8) is 0 Å². The fourth-order valence-electron chi connectivity index (χ4n) is 2.92. The van der Waals surface area contributed by atoms with E-state index in [0.29, 0.717) is 5.54 Å². The van der Waals surface area contributed by atoms with Crippen LogP contribution in [-0.2, 0) is 13.1 Å². The van der Waals surface area contributed by atoms with Crippen LogP contribution in [0.3, 0.4) is 0 Å². The minimum atomic E-state index is 0.371. The summed E-state index contributed by atoms with van der Waals surface area (Å²) in [6.45, 7) is 11.4. The molecule has 1 heterocycles. The second kappa shape index (κ2) is 6.53. The second-order valence-electron chi connectivity index (χ2n) is 6.33. The van der Waals surface area contributed by atoms with Gasteiger partial charge in [-0.2, -0.15) is 0 Å². The molecule has 0 spiro atoms. The number of nitrogens with zero attached hydrogens (tertiary/aromatic N) is 1. The zero-order valence-corrected chi connectivity index (χ0v) is 12.7. The zero-order chi connectivity index (χ0) is 13.7. The third kappa shape index (κ3) is 4.05. The van der Waals surface area contributed by atoms with Crippen LogP contribution < -0.4 is 5.32 Å². The summed E-state index contributed by atoms with van der Waals surface area (Å²) in [4.78, 5) is 2.62. The normalized spacial score (nSPS) is 18.9. The van der Waals surface area contributed by atoms with Gasteiger partial charge in [-0.15, -0.1) is 0 Å². The lowest BCUT2D eigenvalue weighted by Gasteiger charge is -2.31. The number of rotatable bonds is 6. The lowest BCUT2D eigenvalue weighted by Crippen LogP contribution is -2.37. The highest BCUT2D eigenvalue weighted by molar-refractivity contribution is 5.23. The molecule has 0 amide bonds. The molecular weight excluding hydrogens is 232 g/mol. The van der Waals surface area contributed by atoms with E-state index < -0.39 is 0 Å². The standard InChI is InChI=1S/C17H28N2/c1-4-10-18-13-15-7-5-8-16(12-15)14-19-11-6-9-17(19,2)3/h5,7-8,12,18H,4,6,9-11,13-14H2,1-3H3. The van der Waals surface area contributed by atoms with Gasteiger partial charge in [-0.05, 0) is 57.3 Å². The first-order valence-corrected chi connectivity index (χ1v) is 7.65. The van der Waals surface area contributed by atoms with E-state index in [1.54, 1.807) is 0 Å². The predicted octanol–water partition coefficient (Wildman–Crippen LogP) is 3.56. The molecule has 1 N–H and O–H groups in total. The Kier molecular flexibility index (Phi) is 5.00. The van der Waals surface area contributed by atoms with Crippen molar-refractivity contribution in [2.24, 2.45) is 0 Å². The van der Waals surface area contributed by atoms with E-state index in [1.807, 2.05) is 0 Å². The van der Waals surface area contributed by atoms with E-state index >= 15 is 0 Å². The van der Waals surface area contributed by atoms with E-state index in [-0.39, 0.29) is 0 Å². The van der Waals surface area contributed by atoms with Crippen molar-refractivity contribution in [3.05, 3.63) is 35.4 Å². The number of nitrogens with one attached hydrogen (secondary N) is 1. The molecule has 0 aliphatic carbocycles. The third-order valence-electron chi connectivity index (χ3n) is 4.19. The number of likely N-dealkylation sites (tertiary alicyclic amines) is 1. The van der Waals surface area contributed by atoms with E-state index in [1.165, 1.54) is 36.9 Å². The van der Waals surface area contributed by atoms with Crippen LogP contribution in [0.5, 0.6) is 0 Å². The van der Waals surface area contributed by atoms with Gasteiger partial charge in [0.05, 0.1) is 0 Å². The Morgan fingerprint density at radius 3 is 2.74 bits per heavy atom. The molecule has 2 nitrogen and oxygen atoms in total. The molecule has 0 bridgehead atoms. The molecule has 0 saturated carbocycles. The number of benzene rings is 1. The molecule has 1 saturated heterocycles. The van der Waals surface area contributed by atoms with Crippen molar-refractivity contribution in [3.8, 4) is 0 Å². The lowest BCUT2D eigenvalue weighted by molar-refractivity contribution is 0.166. The van der Waals surface area contributed by atoms with Crippen LogP contribution in [0.2, 0.25) is 0 Å². The summed E-state index contributed by atoms with van der Waals surface area (Å²) in [6, 6.07) is 9.04. The van der Waals surface area contributed by atoms with Gasteiger partial charge < -0.3 is 5.32 Å². The highest BCUT2D eigenvalue weighted by Gasteiger charge is 2.31. The van der Waals surface area contributed by atoms with Crippen molar-refractivity contribution < 1.29 is 0 Å². The highest BCUT2D eigenvalue weighted by Crippen LogP contribution is 2.29. The molecule has 2 heteroatoms. The van der Waals surface area contributed by atoms with Crippen LogP contribution in [0.1, 0.15) is 51.2 Å². The first kappa shape index (κ1) is 14.5. The molecule has 1 fully saturated rings. The summed E-state index contributed by atoms with van der Waals surface area (Å²) in [5.74, 6) is 0. The lowest BCUT2D eigenvalue weighted by atomic mass is 10.0. The Balaban J connectivity index is 1.95. The van der Waals surface area contributed by atoms with Crippen LogP contribution in [0.15, 0.2) is 24.3 Å². The molecule has 0 unspecified atom stereocenters. The summed E-state index contributed by atoms with van der Waals surface area (Å²) in [7, 11) is 0. The Labute approximate surface area is 118 Å². The molecule has 2 rings (SSSR count). The fraction of sp³-hybridized carbons (Fsp3) is 0.647. The molecule has 1 aliphatic heterocycles. The second-order valence-corrected chi connectivity index (χ2v) is 6.33. The van der Waals surface area contributed by atoms with E-state index in [0.717, 1.165) is 19.6 Å². The summed E-state index contributed by atoms with van der Waals surface area (Å²) < 4.78 is 0. The molecular formula is C17H28N2. The van der Waals surface area contributed by atoms with Crippen molar-refractivity contribution in [1.82, 2.24) is 10.2 Å². The molecule has 0 aromatic heterocycles. The van der Waals surface area contributed by atoms with E-state index in [2.05, 4.69) is 55.3 Å². The molecule has 19 heavy (non-hydrogen) atoms. The van der Waals surface area contributed by atoms with Gasteiger partial charge >= 0.3 is 0 Å². The van der Waals surface area contributed by atoms with Crippen LogP contribution in [0.25, 0.3) is 0 Å².